The van der Waals surface area contributed by atoms with Crippen LogP contribution in [-0.4, -0.2) is 53.8 Å². The maximum Gasteiger partial charge on any atom is 0.258 e. The van der Waals surface area contributed by atoms with Crippen molar-refractivity contribution in [1.29, 1.82) is 0 Å². The first-order valence-corrected chi connectivity index (χ1v) is 12.4. The van der Waals surface area contributed by atoms with Crippen LogP contribution in [0.4, 0.5) is 5.82 Å². The van der Waals surface area contributed by atoms with Gasteiger partial charge in [-0.15, -0.1) is 0 Å². The lowest BCUT2D eigenvalue weighted by molar-refractivity contribution is -0.117. The topological polar surface area (TPSA) is 85.7 Å². The number of carbonyl (C=O) groups is 2. The number of ether oxygens (including phenoxy) is 2. The van der Waals surface area contributed by atoms with Crippen LogP contribution in [0.2, 0.25) is 0 Å². The molecule has 0 fully saturated rings. The van der Waals surface area contributed by atoms with E-state index in [4.69, 9.17) is 14.6 Å². The molecule has 0 aliphatic carbocycles. The molecule has 1 heterocycles. The lowest BCUT2D eigenvalue weighted by Crippen LogP contribution is -2.40. The van der Waals surface area contributed by atoms with Gasteiger partial charge >= 0.3 is 0 Å². The Kier molecular flexibility index (Phi) is 8.63. The Bertz CT molecular complexity index is 1240. The number of hydrogen-bond donors (Lipinski definition) is 1. The molecule has 37 heavy (non-hydrogen) atoms. The zero-order valence-electron chi connectivity index (χ0n) is 23.1. The van der Waals surface area contributed by atoms with Crippen molar-refractivity contribution in [3.05, 3.63) is 65.4 Å². The smallest absolute Gasteiger partial charge is 0.258 e. The normalized spacial score (nSPS) is 11.4. The largest absolute Gasteiger partial charge is 0.497 e. The Balaban J connectivity index is 1.89. The second kappa shape index (κ2) is 11.5. The molecule has 3 aromatic rings. The monoisotopic (exact) mass is 506 g/mol. The van der Waals surface area contributed by atoms with Crippen LogP contribution in [0.3, 0.4) is 0 Å². The molecule has 0 aliphatic rings. The van der Waals surface area contributed by atoms with Gasteiger partial charge in [-0.05, 0) is 37.1 Å². The Morgan fingerprint density at radius 2 is 1.70 bits per heavy atom. The van der Waals surface area contributed by atoms with Crippen molar-refractivity contribution in [3.63, 3.8) is 0 Å². The highest BCUT2D eigenvalue weighted by molar-refractivity contribution is 6.01. The number of hydrogen-bond acceptors (Lipinski definition) is 5. The van der Waals surface area contributed by atoms with Crippen molar-refractivity contribution in [2.45, 2.75) is 47.0 Å². The van der Waals surface area contributed by atoms with Crippen LogP contribution in [0, 0.1) is 12.8 Å². The van der Waals surface area contributed by atoms with Gasteiger partial charge in [0.1, 0.15) is 23.9 Å². The van der Waals surface area contributed by atoms with E-state index < -0.39 is 0 Å². The fourth-order valence-corrected chi connectivity index (χ4v) is 3.88. The minimum absolute atomic E-state index is 0.115. The summed E-state index contributed by atoms with van der Waals surface area (Å²) >= 11 is 0. The van der Waals surface area contributed by atoms with Gasteiger partial charge in [0, 0.05) is 24.1 Å². The molecule has 8 heteroatoms. The molecule has 0 atom stereocenters. The number of aromatic nitrogens is 2. The van der Waals surface area contributed by atoms with Crippen molar-refractivity contribution in [1.82, 2.24) is 14.7 Å². The summed E-state index contributed by atoms with van der Waals surface area (Å²) in [6.45, 7) is 12.6. The van der Waals surface area contributed by atoms with E-state index in [2.05, 4.69) is 26.1 Å². The molecule has 0 saturated heterocycles. The van der Waals surface area contributed by atoms with Gasteiger partial charge < -0.3 is 19.7 Å². The fourth-order valence-electron chi connectivity index (χ4n) is 3.88. The number of anilines is 1. The molecule has 0 bridgehead atoms. The van der Waals surface area contributed by atoms with Crippen LogP contribution in [0.5, 0.6) is 11.5 Å². The number of aryl methyl sites for hydroxylation is 1. The average molecular weight is 507 g/mol. The summed E-state index contributed by atoms with van der Waals surface area (Å²) in [5.74, 6) is 1.09. The summed E-state index contributed by atoms with van der Waals surface area (Å²) in [6, 6.07) is 14.9. The highest BCUT2D eigenvalue weighted by Gasteiger charge is 2.25. The predicted octanol–water partition coefficient (Wildman–Crippen LogP) is 5.23. The van der Waals surface area contributed by atoms with E-state index in [0.29, 0.717) is 29.4 Å². The Hall–Kier alpha value is -3.81. The molecule has 0 spiro atoms. The third-order valence-corrected chi connectivity index (χ3v) is 5.87. The molecule has 0 unspecified atom stereocenters. The third-order valence-electron chi connectivity index (χ3n) is 5.87. The van der Waals surface area contributed by atoms with E-state index in [1.165, 1.54) is 7.11 Å². The molecule has 0 radical (unpaired) electrons. The van der Waals surface area contributed by atoms with E-state index >= 15 is 0 Å². The van der Waals surface area contributed by atoms with Gasteiger partial charge in [-0.25, -0.2) is 4.68 Å². The maximum atomic E-state index is 13.5. The van der Waals surface area contributed by atoms with Crippen LogP contribution < -0.4 is 14.8 Å². The van der Waals surface area contributed by atoms with Crippen LogP contribution in [0.1, 0.15) is 56.2 Å². The molecule has 1 aromatic heterocycles. The van der Waals surface area contributed by atoms with Crippen LogP contribution in [0.25, 0.3) is 5.69 Å². The van der Waals surface area contributed by atoms with Gasteiger partial charge in [0.2, 0.25) is 5.91 Å². The number of carbonyl (C=O) groups excluding carboxylic acids is 2. The SMILES string of the molecule is COc1ccc(C(=O)N(CC(=O)Nc2cc(C(C)(C)C)nn2-c2ccc(C)cc2)CC(C)C)c(OC)c1. The predicted molar refractivity (Wildman–Crippen MR) is 146 cm³/mol. The molecular formula is C29H38N4O4. The van der Waals surface area contributed by atoms with Crippen LogP contribution in [-0.2, 0) is 10.2 Å². The first-order chi connectivity index (χ1) is 17.4. The summed E-state index contributed by atoms with van der Waals surface area (Å²) in [6.07, 6.45) is 0. The molecule has 198 valence electrons. The van der Waals surface area contributed by atoms with Gasteiger partial charge in [-0.1, -0.05) is 52.3 Å². The van der Waals surface area contributed by atoms with E-state index in [1.807, 2.05) is 51.1 Å². The zero-order chi connectivity index (χ0) is 27.3. The lowest BCUT2D eigenvalue weighted by Gasteiger charge is -2.25. The maximum absolute atomic E-state index is 13.5. The van der Waals surface area contributed by atoms with Gasteiger partial charge in [0.25, 0.3) is 5.91 Å². The fraction of sp³-hybridized carbons (Fsp3) is 0.414. The van der Waals surface area contributed by atoms with Crippen LogP contribution in [0.15, 0.2) is 48.5 Å². The van der Waals surface area contributed by atoms with Gasteiger partial charge in [-0.3, -0.25) is 9.59 Å². The molecule has 1 N–H and O–H groups in total. The number of nitrogens with one attached hydrogen (secondary N) is 1. The first-order valence-electron chi connectivity index (χ1n) is 12.4. The van der Waals surface area contributed by atoms with E-state index in [-0.39, 0.29) is 29.7 Å². The summed E-state index contributed by atoms with van der Waals surface area (Å²) in [7, 11) is 3.06. The second-order valence-corrected chi connectivity index (χ2v) is 10.6. The Morgan fingerprint density at radius 1 is 1.03 bits per heavy atom. The molecular weight excluding hydrogens is 468 g/mol. The standard InChI is InChI=1S/C29H38N4O4/c1-19(2)17-32(28(35)23-14-13-22(36-7)15-24(23)37-8)18-27(34)30-26-16-25(29(4,5)6)31-33(26)21-11-9-20(3)10-12-21/h9-16,19H,17-18H2,1-8H3,(H,30,34). The van der Waals surface area contributed by atoms with E-state index in [1.54, 1.807) is 34.9 Å². The molecule has 2 aromatic carbocycles. The summed E-state index contributed by atoms with van der Waals surface area (Å²) in [5.41, 5.74) is 2.99. The summed E-state index contributed by atoms with van der Waals surface area (Å²) in [5, 5.41) is 7.77. The summed E-state index contributed by atoms with van der Waals surface area (Å²) in [4.78, 5) is 28.3. The first kappa shape index (κ1) is 27.8. The van der Waals surface area contributed by atoms with Crippen molar-refractivity contribution in [2.24, 2.45) is 5.92 Å². The molecule has 3 rings (SSSR count). The molecule has 2 amide bonds. The molecule has 8 nitrogen and oxygen atoms in total. The van der Waals surface area contributed by atoms with Crippen molar-refractivity contribution < 1.29 is 19.1 Å². The number of methoxy groups -OCH3 is 2. The van der Waals surface area contributed by atoms with Gasteiger partial charge in [0.05, 0.1) is 31.2 Å². The Labute approximate surface area is 219 Å². The van der Waals surface area contributed by atoms with Gasteiger partial charge in [-0.2, -0.15) is 5.10 Å². The van der Waals surface area contributed by atoms with Crippen molar-refractivity contribution in [3.8, 4) is 17.2 Å². The van der Waals surface area contributed by atoms with Crippen molar-refractivity contribution >= 4 is 17.6 Å². The summed E-state index contributed by atoms with van der Waals surface area (Å²) < 4.78 is 12.4. The Morgan fingerprint density at radius 3 is 2.27 bits per heavy atom. The van der Waals surface area contributed by atoms with Crippen molar-refractivity contribution in [2.75, 3.05) is 32.6 Å². The van der Waals surface area contributed by atoms with Gasteiger partial charge in [0.15, 0.2) is 0 Å². The second-order valence-electron chi connectivity index (χ2n) is 10.6. The number of nitrogens with zero attached hydrogens (tertiary/aromatic N) is 3. The number of rotatable bonds is 9. The lowest BCUT2D eigenvalue weighted by atomic mass is 9.92. The third kappa shape index (κ3) is 6.90. The van der Waals surface area contributed by atoms with E-state index in [0.717, 1.165) is 16.9 Å². The quantitative estimate of drug-likeness (QED) is 0.429. The highest BCUT2D eigenvalue weighted by Crippen LogP contribution is 2.28. The molecule has 0 saturated carbocycles. The number of amides is 2. The highest BCUT2D eigenvalue weighted by atomic mass is 16.5. The molecule has 0 aliphatic heterocycles. The zero-order valence-corrected chi connectivity index (χ0v) is 23.1. The average Bonchev–Trinajstić information content (AvgIpc) is 3.27. The van der Waals surface area contributed by atoms with Crippen LogP contribution >= 0.6 is 0 Å². The van der Waals surface area contributed by atoms with E-state index in [9.17, 15) is 9.59 Å². The minimum Gasteiger partial charge on any atom is -0.497 e. The number of benzene rings is 2. The minimum atomic E-state index is -0.310.